The van der Waals surface area contributed by atoms with Gasteiger partial charge in [-0.2, -0.15) is 0 Å². The molecule has 4 rings (SSSR count). The molecule has 0 saturated heterocycles. The lowest BCUT2D eigenvalue weighted by molar-refractivity contribution is 0.614. The van der Waals surface area contributed by atoms with Crippen LogP contribution in [0.15, 0.2) is 60.7 Å². The Morgan fingerprint density at radius 2 is 1.06 bits per heavy atom. The third-order valence-corrected chi connectivity index (χ3v) is 5.91. The van der Waals surface area contributed by atoms with Crippen LogP contribution in [0.5, 0.6) is 0 Å². The summed E-state index contributed by atoms with van der Waals surface area (Å²) in [6.45, 7) is 4.14. The second-order valence-electron chi connectivity index (χ2n) is 8.37. The monoisotopic (exact) mass is 402 g/mol. The first-order chi connectivity index (χ1) is 15.3. The SMILES string of the molecule is CC#Cc1ccc2cc3cc4cc(C#CCCCCCCCC)ccc4cc3cc2c1. The summed E-state index contributed by atoms with van der Waals surface area (Å²) in [6, 6.07) is 22.2. The van der Waals surface area contributed by atoms with Crippen LogP contribution in [-0.2, 0) is 0 Å². The van der Waals surface area contributed by atoms with Crippen molar-refractivity contribution in [1.29, 1.82) is 0 Å². The van der Waals surface area contributed by atoms with Crippen LogP contribution >= 0.6 is 0 Å². The minimum absolute atomic E-state index is 0.998. The van der Waals surface area contributed by atoms with Crippen LogP contribution in [0.2, 0.25) is 0 Å². The number of benzene rings is 4. The van der Waals surface area contributed by atoms with Gasteiger partial charge in [0, 0.05) is 17.5 Å². The summed E-state index contributed by atoms with van der Waals surface area (Å²) >= 11 is 0. The molecule has 0 aromatic heterocycles. The van der Waals surface area contributed by atoms with E-state index in [1.165, 1.54) is 70.8 Å². The van der Waals surface area contributed by atoms with Crippen molar-refractivity contribution in [2.45, 2.75) is 58.8 Å². The standard InChI is InChI=1S/C31H30/c1-3-5-6-7-8-9-10-11-13-25-15-17-27-21-30-22-28-18-24(12-4-2)14-16-26(28)20-31(30)23-29(27)19-25/h14-23H,3,5-10H2,1-2H3. The highest BCUT2D eigenvalue weighted by Crippen LogP contribution is 2.28. The van der Waals surface area contributed by atoms with Gasteiger partial charge in [-0.3, -0.25) is 0 Å². The minimum atomic E-state index is 0.998. The van der Waals surface area contributed by atoms with Crippen LogP contribution in [0.3, 0.4) is 0 Å². The van der Waals surface area contributed by atoms with Gasteiger partial charge in [-0.05, 0) is 94.2 Å². The van der Waals surface area contributed by atoms with Crippen LogP contribution in [0.25, 0.3) is 32.3 Å². The van der Waals surface area contributed by atoms with Crippen molar-refractivity contribution in [3.63, 3.8) is 0 Å². The molecule has 0 aliphatic heterocycles. The van der Waals surface area contributed by atoms with Gasteiger partial charge in [0.15, 0.2) is 0 Å². The number of unbranched alkanes of at least 4 members (excludes halogenated alkanes) is 6. The Bertz CT molecular complexity index is 1330. The second kappa shape index (κ2) is 10.2. The molecule has 0 saturated carbocycles. The third kappa shape index (κ3) is 5.29. The molecule has 0 aliphatic carbocycles. The lowest BCUT2D eigenvalue weighted by atomic mass is 9.98. The van der Waals surface area contributed by atoms with Crippen molar-refractivity contribution >= 4 is 32.3 Å². The van der Waals surface area contributed by atoms with Gasteiger partial charge < -0.3 is 0 Å². The van der Waals surface area contributed by atoms with Crippen LogP contribution in [0.4, 0.5) is 0 Å². The van der Waals surface area contributed by atoms with Crippen molar-refractivity contribution in [3.05, 3.63) is 71.8 Å². The molecule has 0 bridgehead atoms. The summed E-state index contributed by atoms with van der Waals surface area (Å²) in [4.78, 5) is 0. The maximum absolute atomic E-state index is 3.37. The maximum atomic E-state index is 3.37. The molecule has 0 fully saturated rings. The molecular weight excluding hydrogens is 372 g/mol. The molecule has 0 atom stereocenters. The third-order valence-electron chi connectivity index (χ3n) is 5.91. The van der Waals surface area contributed by atoms with Crippen LogP contribution in [-0.4, -0.2) is 0 Å². The van der Waals surface area contributed by atoms with E-state index in [9.17, 15) is 0 Å². The van der Waals surface area contributed by atoms with E-state index in [1.807, 2.05) is 6.92 Å². The molecule has 0 nitrogen and oxygen atoms in total. The zero-order chi connectivity index (χ0) is 21.5. The molecule has 154 valence electrons. The smallest absolute Gasteiger partial charge is 0.0251 e. The van der Waals surface area contributed by atoms with E-state index in [0.717, 1.165) is 17.5 Å². The van der Waals surface area contributed by atoms with E-state index in [2.05, 4.69) is 91.3 Å². The topological polar surface area (TPSA) is 0 Å². The van der Waals surface area contributed by atoms with Gasteiger partial charge in [-0.15, -0.1) is 5.92 Å². The average Bonchev–Trinajstić information content (AvgIpc) is 2.78. The number of hydrogen-bond donors (Lipinski definition) is 0. The largest absolute Gasteiger partial charge is 0.101 e. The fourth-order valence-corrected chi connectivity index (χ4v) is 4.21. The van der Waals surface area contributed by atoms with Crippen molar-refractivity contribution < 1.29 is 0 Å². The van der Waals surface area contributed by atoms with Crippen molar-refractivity contribution in [3.8, 4) is 23.7 Å². The fraction of sp³-hybridized carbons (Fsp3) is 0.290. The van der Waals surface area contributed by atoms with Gasteiger partial charge in [0.25, 0.3) is 0 Å². The van der Waals surface area contributed by atoms with Gasteiger partial charge in [0.1, 0.15) is 0 Å². The highest BCUT2D eigenvalue weighted by molar-refractivity contribution is 6.05. The predicted octanol–water partition coefficient (Wildman–Crippen LogP) is 8.62. The first kappa shape index (κ1) is 21.0. The van der Waals surface area contributed by atoms with Crippen molar-refractivity contribution in [2.75, 3.05) is 0 Å². The summed E-state index contributed by atoms with van der Waals surface area (Å²) in [7, 11) is 0. The molecule has 0 radical (unpaired) electrons. The normalized spacial score (nSPS) is 10.6. The Balaban J connectivity index is 1.54. The molecule has 4 aromatic rings. The van der Waals surface area contributed by atoms with E-state index >= 15 is 0 Å². The Kier molecular flexibility index (Phi) is 6.92. The van der Waals surface area contributed by atoms with E-state index in [4.69, 9.17) is 0 Å². The molecular formula is C31H30. The van der Waals surface area contributed by atoms with E-state index in [1.54, 1.807) is 0 Å². The summed E-state index contributed by atoms with van der Waals surface area (Å²) < 4.78 is 0. The first-order valence-electron chi connectivity index (χ1n) is 11.6. The zero-order valence-electron chi connectivity index (χ0n) is 18.7. The lowest BCUT2D eigenvalue weighted by Gasteiger charge is -2.06. The van der Waals surface area contributed by atoms with E-state index in [-0.39, 0.29) is 0 Å². The molecule has 0 N–H and O–H groups in total. The van der Waals surface area contributed by atoms with Gasteiger partial charge in [0.2, 0.25) is 0 Å². The second-order valence-corrected chi connectivity index (χ2v) is 8.37. The highest BCUT2D eigenvalue weighted by Gasteiger charge is 2.03. The van der Waals surface area contributed by atoms with Crippen molar-refractivity contribution in [1.82, 2.24) is 0 Å². The summed E-state index contributed by atoms with van der Waals surface area (Å²) in [5.74, 6) is 12.9. The van der Waals surface area contributed by atoms with E-state index < -0.39 is 0 Å². The van der Waals surface area contributed by atoms with Crippen LogP contribution in [0, 0.1) is 23.7 Å². The Morgan fingerprint density at radius 1 is 0.548 bits per heavy atom. The Labute approximate surface area is 186 Å². The molecule has 0 amide bonds. The van der Waals surface area contributed by atoms with Crippen molar-refractivity contribution in [2.24, 2.45) is 0 Å². The Hall–Kier alpha value is -3.22. The van der Waals surface area contributed by atoms with Gasteiger partial charge >= 0.3 is 0 Å². The van der Waals surface area contributed by atoms with Gasteiger partial charge in [-0.25, -0.2) is 0 Å². The van der Waals surface area contributed by atoms with E-state index in [0.29, 0.717) is 0 Å². The lowest BCUT2D eigenvalue weighted by Crippen LogP contribution is -1.82. The molecule has 0 unspecified atom stereocenters. The number of hydrogen-bond acceptors (Lipinski definition) is 0. The highest BCUT2D eigenvalue weighted by atomic mass is 14.1. The molecule has 0 heterocycles. The average molecular weight is 403 g/mol. The molecule has 0 aliphatic rings. The van der Waals surface area contributed by atoms with Crippen LogP contribution < -0.4 is 0 Å². The minimum Gasteiger partial charge on any atom is -0.101 e. The maximum Gasteiger partial charge on any atom is 0.0251 e. The molecule has 31 heavy (non-hydrogen) atoms. The Morgan fingerprint density at radius 3 is 1.68 bits per heavy atom. The number of rotatable bonds is 6. The van der Waals surface area contributed by atoms with Gasteiger partial charge in [0.05, 0.1) is 0 Å². The quantitative estimate of drug-likeness (QED) is 0.172. The predicted molar refractivity (Wildman–Crippen MR) is 136 cm³/mol. The molecule has 0 spiro atoms. The fourth-order valence-electron chi connectivity index (χ4n) is 4.21. The first-order valence-corrected chi connectivity index (χ1v) is 11.6. The summed E-state index contributed by atoms with van der Waals surface area (Å²) in [5, 5.41) is 7.55. The number of fused-ring (bicyclic) bond motifs is 3. The molecule has 4 aromatic carbocycles. The zero-order valence-corrected chi connectivity index (χ0v) is 18.7. The van der Waals surface area contributed by atoms with Gasteiger partial charge in [-0.1, -0.05) is 68.9 Å². The summed E-state index contributed by atoms with van der Waals surface area (Å²) in [5.41, 5.74) is 2.18. The molecule has 0 heteroatoms. The summed E-state index contributed by atoms with van der Waals surface area (Å²) in [6.07, 6.45) is 8.90. The van der Waals surface area contributed by atoms with Crippen LogP contribution in [0.1, 0.15) is 69.9 Å².